The van der Waals surface area contributed by atoms with Crippen LogP contribution in [0.5, 0.6) is 0 Å². The van der Waals surface area contributed by atoms with Crippen molar-refractivity contribution in [3.05, 3.63) is 47.0 Å². The molecule has 0 unspecified atom stereocenters. The van der Waals surface area contributed by atoms with Gasteiger partial charge in [0.05, 0.1) is 6.04 Å². The number of benzene rings is 2. The number of carbonyl (C=O) groups excluding carboxylic acids is 1. The molecule has 2 aromatic carbocycles. The molecule has 1 aliphatic carbocycles. The second-order valence-electron chi connectivity index (χ2n) is 5.07. The summed E-state index contributed by atoms with van der Waals surface area (Å²) < 4.78 is 28.5. The van der Waals surface area contributed by atoms with Gasteiger partial charge >= 0.3 is 0 Å². The van der Waals surface area contributed by atoms with Crippen molar-refractivity contribution < 1.29 is 13.6 Å². The lowest BCUT2D eigenvalue weighted by molar-refractivity contribution is -0.119. The quantitative estimate of drug-likeness (QED) is 0.705. The van der Waals surface area contributed by atoms with E-state index < -0.39 is 17.7 Å². The second-order valence-corrected chi connectivity index (χ2v) is 5.07. The number of hydrogen-bond acceptors (Lipinski definition) is 3. The number of rotatable bonds is 1. The average Bonchev–Trinajstić information content (AvgIpc) is 2.64. The van der Waals surface area contributed by atoms with E-state index in [4.69, 9.17) is 11.5 Å². The third-order valence-electron chi connectivity index (χ3n) is 3.51. The van der Waals surface area contributed by atoms with E-state index in [1.165, 1.54) is 19.1 Å². The minimum Gasteiger partial charge on any atom is -0.399 e. The van der Waals surface area contributed by atoms with Crippen LogP contribution in [0.2, 0.25) is 0 Å². The molecule has 0 saturated heterocycles. The van der Waals surface area contributed by atoms with E-state index in [2.05, 4.69) is 5.32 Å². The lowest BCUT2D eigenvalue weighted by Crippen LogP contribution is -2.25. The maximum atomic E-state index is 14.2. The molecule has 0 atom stereocenters. The molecule has 0 aromatic heterocycles. The van der Waals surface area contributed by atoms with Crippen LogP contribution in [0.1, 0.15) is 24.1 Å². The maximum absolute atomic E-state index is 14.2. The molecule has 0 spiro atoms. The zero-order valence-corrected chi connectivity index (χ0v) is 11.2. The molecule has 0 fully saturated rings. The van der Waals surface area contributed by atoms with E-state index >= 15 is 0 Å². The Hall–Kier alpha value is -2.63. The highest BCUT2D eigenvalue weighted by Gasteiger charge is 2.34. The highest BCUT2D eigenvalue weighted by molar-refractivity contribution is 5.85. The molecular formula is C15H13F2N3O. The fourth-order valence-corrected chi connectivity index (χ4v) is 2.81. The molecule has 0 bridgehead atoms. The Morgan fingerprint density at radius 3 is 1.81 bits per heavy atom. The van der Waals surface area contributed by atoms with Crippen LogP contribution < -0.4 is 16.8 Å². The molecule has 4 nitrogen and oxygen atoms in total. The van der Waals surface area contributed by atoms with Crippen molar-refractivity contribution in [2.75, 3.05) is 11.5 Å². The molecule has 0 radical (unpaired) electrons. The van der Waals surface area contributed by atoms with Crippen LogP contribution in [-0.2, 0) is 4.79 Å². The molecule has 3 rings (SSSR count). The molecule has 0 aliphatic heterocycles. The van der Waals surface area contributed by atoms with Crippen LogP contribution in [0.3, 0.4) is 0 Å². The number of halogens is 2. The van der Waals surface area contributed by atoms with Gasteiger partial charge in [-0.15, -0.1) is 0 Å². The Morgan fingerprint density at radius 1 is 1.00 bits per heavy atom. The van der Waals surface area contributed by atoms with Gasteiger partial charge in [0.2, 0.25) is 5.91 Å². The molecule has 2 aromatic rings. The third kappa shape index (κ3) is 1.99. The van der Waals surface area contributed by atoms with Crippen molar-refractivity contribution in [3.8, 4) is 11.1 Å². The average molecular weight is 289 g/mol. The van der Waals surface area contributed by atoms with Crippen molar-refractivity contribution in [2.45, 2.75) is 13.0 Å². The molecular weight excluding hydrogens is 276 g/mol. The van der Waals surface area contributed by atoms with Crippen molar-refractivity contribution in [1.82, 2.24) is 5.32 Å². The summed E-state index contributed by atoms with van der Waals surface area (Å²) in [4.78, 5) is 11.4. The number of nitrogen functional groups attached to an aromatic ring is 2. The van der Waals surface area contributed by atoms with E-state index in [9.17, 15) is 13.6 Å². The SMILES string of the molecule is CC(=O)NC1c2cc(N)cc(F)c2-c2c(F)cc(N)cc21. The van der Waals surface area contributed by atoms with Crippen molar-refractivity contribution in [1.29, 1.82) is 0 Å². The highest BCUT2D eigenvalue weighted by Crippen LogP contribution is 2.47. The highest BCUT2D eigenvalue weighted by atomic mass is 19.1. The largest absolute Gasteiger partial charge is 0.399 e. The van der Waals surface area contributed by atoms with E-state index in [0.29, 0.717) is 11.1 Å². The summed E-state index contributed by atoms with van der Waals surface area (Å²) in [6, 6.07) is 4.68. The number of hydrogen-bond donors (Lipinski definition) is 3. The van der Waals surface area contributed by atoms with Gasteiger partial charge in [0, 0.05) is 29.4 Å². The first-order valence-corrected chi connectivity index (χ1v) is 6.33. The Kier molecular flexibility index (Phi) is 2.83. The second kappa shape index (κ2) is 4.44. The molecule has 1 aliphatic rings. The van der Waals surface area contributed by atoms with Gasteiger partial charge < -0.3 is 16.8 Å². The lowest BCUT2D eigenvalue weighted by atomic mass is 10.0. The zero-order valence-electron chi connectivity index (χ0n) is 11.2. The summed E-state index contributed by atoms with van der Waals surface area (Å²) in [6.45, 7) is 1.34. The maximum Gasteiger partial charge on any atom is 0.217 e. The fraction of sp³-hybridized carbons (Fsp3) is 0.133. The van der Waals surface area contributed by atoms with Crippen LogP contribution in [0, 0.1) is 11.6 Å². The topological polar surface area (TPSA) is 81.1 Å². The molecule has 0 heterocycles. The van der Waals surface area contributed by atoms with Gasteiger partial charge in [-0.1, -0.05) is 0 Å². The Balaban J connectivity index is 2.34. The number of amides is 1. The Labute approximate surface area is 119 Å². The van der Waals surface area contributed by atoms with E-state index in [1.807, 2.05) is 0 Å². The summed E-state index contributed by atoms with van der Waals surface area (Å²) in [5.74, 6) is -1.56. The van der Waals surface area contributed by atoms with Gasteiger partial charge in [-0.05, 0) is 35.4 Å². The standard InChI is InChI=1S/C15H13F2N3O/c1-6(21)20-15-9-2-7(18)4-11(16)13(9)14-10(15)3-8(19)5-12(14)17/h2-5,15H,18-19H2,1H3,(H,20,21). The van der Waals surface area contributed by atoms with E-state index in [0.717, 1.165) is 12.1 Å². The van der Waals surface area contributed by atoms with Crippen LogP contribution in [0.15, 0.2) is 24.3 Å². The first-order valence-electron chi connectivity index (χ1n) is 6.33. The minimum atomic E-state index is -0.663. The summed E-state index contributed by atoms with van der Waals surface area (Å²) in [6.07, 6.45) is 0. The van der Waals surface area contributed by atoms with Gasteiger partial charge in [0.15, 0.2) is 0 Å². The first kappa shape index (κ1) is 13.4. The van der Waals surface area contributed by atoms with Crippen molar-refractivity contribution in [2.24, 2.45) is 0 Å². The van der Waals surface area contributed by atoms with Gasteiger partial charge in [-0.25, -0.2) is 8.78 Å². The summed E-state index contributed by atoms with van der Waals surface area (Å²) in [7, 11) is 0. The monoisotopic (exact) mass is 289 g/mol. The molecule has 1 amide bonds. The normalized spacial score (nSPS) is 12.9. The Morgan fingerprint density at radius 2 is 1.43 bits per heavy atom. The third-order valence-corrected chi connectivity index (χ3v) is 3.51. The van der Waals surface area contributed by atoms with Gasteiger partial charge in [0.25, 0.3) is 0 Å². The minimum absolute atomic E-state index is 0.121. The first-order chi connectivity index (χ1) is 9.88. The zero-order chi connectivity index (χ0) is 15.3. The fourth-order valence-electron chi connectivity index (χ4n) is 2.81. The summed E-state index contributed by atoms with van der Waals surface area (Å²) >= 11 is 0. The number of nitrogens with two attached hydrogens (primary N) is 2. The Bertz CT molecular complexity index is 716. The predicted octanol–water partition coefficient (Wildman–Crippen LogP) is 2.34. The van der Waals surface area contributed by atoms with Gasteiger partial charge in [0.1, 0.15) is 11.6 Å². The summed E-state index contributed by atoms with van der Waals surface area (Å²) in [5, 5.41) is 2.68. The van der Waals surface area contributed by atoms with Crippen LogP contribution >= 0.6 is 0 Å². The van der Waals surface area contributed by atoms with Crippen molar-refractivity contribution >= 4 is 17.3 Å². The van der Waals surface area contributed by atoms with Crippen molar-refractivity contribution in [3.63, 3.8) is 0 Å². The van der Waals surface area contributed by atoms with Crippen LogP contribution in [-0.4, -0.2) is 5.91 Å². The lowest BCUT2D eigenvalue weighted by Gasteiger charge is -2.15. The summed E-state index contributed by atoms with van der Waals surface area (Å²) in [5.41, 5.74) is 12.8. The van der Waals surface area contributed by atoms with Crippen LogP contribution in [0.25, 0.3) is 11.1 Å². The molecule has 5 N–H and O–H groups in total. The number of fused-ring (bicyclic) bond motifs is 3. The molecule has 21 heavy (non-hydrogen) atoms. The smallest absolute Gasteiger partial charge is 0.217 e. The molecule has 108 valence electrons. The van der Waals surface area contributed by atoms with E-state index in [1.54, 1.807) is 0 Å². The van der Waals surface area contributed by atoms with Crippen LogP contribution in [0.4, 0.5) is 20.2 Å². The predicted molar refractivity (Wildman–Crippen MR) is 76.3 cm³/mol. The van der Waals surface area contributed by atoms with Gasteiger partial charge in [-0.2, -0.15) is 0 Å². The van der Waals surface area contributed by atoms with Gasteiger partial charge in [-0.3, -0.25) is 4.79 Å². The molecule has 6 heteroatoms. The van der Waals surface area contributed by atoms with E-state index in [-0.39, 0.29) is 28.4 Å². The molecule has 0 saturated carbocycles. The number of carbonyl (C=O) groups is 1. The number of nitrogens with one attached hydrogen (secondary N) is 1. The number of anilines is 2.